The number of benzene rings is 6. The minimum atomic E-state index is -4.31. The third-order valence-electron chi connectivity index (χ3n) is 15.6. The Labute approximate surface area is 520 Å². The zero-order valence-electron chi connectivity index (χ0n) is 50.4. The Hall–Kier alpha value is -7.07. The number of sulfonamides is 2. The number of hydrogen-bond donors (Lipinski definition) is 4. The molecule has 5 N–H and O–H groups in total. The van der Waals surface area contributed by atoms with Crippen molar-refractivity contribution in [2.24, 2.45) is 11.7 Å². The van der Waals surface area contributed by atoms with Crippen LogP contribution in [0.4, 0.5) is 4.79 Å². The highest BCUT2D eigenvalue weighted by atomic mass is 32.2. The molecule has 0 unspecified atom stereocenters. The fourth-order valence-electron chi connectivity index (χ4n) is 10.2. The van der Waals surface area contributed by atoms with E-state index in [0.29, 0.717) is 87.1 Å². The molecule has 7 atom stereocenters. The molecule has 6 aromatic rings. The van der Waals surface area contributed by atoms with Gasteiger partial charge in [-0.3, -0.25) is 9.68 Å². The van der Waals surface area contributed by atoms with Gasteiger partial charge in [0.1, 0.15) is 30.8 Å². The van der Waals surface area contributed by atoms with Crippen molar-refractivity contribution in [2.75, 3.05) is 39.9 Å². The molecule has 480 valence electrons. The van der Waals surface area contributed by atoms with Crippen molar-refractivity contribution in [1.82, 2.24) is 14.3 Å². The number of carbonyl (C=O) groups is 1. The van der Waals surface area contributed by atoms with Crippen LogP contribution in [0.25, 0.3) is 0 Å². The number of nitrogens with zero attached hydrogens (tertiary/aromatic N) is 2. The number of fused-ring (bicyclic) bond motifs is 3. The van der Waals surface area contributed by atoms with E-state index in [1.165, 1.54) is 30.3 Å². The molecule has 4 heterocycles. The zero-order chi connectivity index (χ0) is 62.9. The monoisotopic (exact) mass is 1270 g/mol. The van der Waals surface area contributed by atoms with Crippen LogP contribution in [0, 0.1) is 5.92 Å². The first-order valence-corrected chi connectivity index (χ1v) is 32.9. The van der Waals surface area contributed by atoms with E-state index in [2.05, 4.69) is 5.32 Å². The van der Waals surface area contributed by atoms with Crippen LogP contribution in [0.1, 0.15) is 82.1 Å². The van der Waals surface area contributed by atoms with Crippen LogP contribution >= 0.6 is 0 Å². The number of aliphatic hydroxyl groups excluding tert-OH is 2. The summed E-state index contributed by atoms with van der Waals surface area (Å²) < 4.78 is 107. The molecular weight excluding hydrogens is 1190 g/mol. The lowest BCUT2D eigenvalue weighted by Gasteiger charge is -2.31. The Balaban J connectivity index is 0.000000218. The van der Waals surface area contributed by atoms with E-state index < -0.39 is 75.5 Å². The Bertz CT molecular complexity index is 3420. The molecule has 0 aliphatic carbocycles. The van der Waals surface area contributed by atoms with Gasteiger partial charge in [-0.1, -0.05) is 122 Å². The lowest BCUT2D eigenvalue weighted by Crippen LogP contribution is -2.51. The molecule has 1 amide bonds. The van der Waals surface area contributed by atoms with Crippen molar-refractivity contribution in [3.63, 3.8) is 0 Å². The second kappa shape index (κ2) is 31.6. The maximum Gasteiger partial charge on any atom is 0.407 e. The van der Waals surface area contributed by atoms with Gasteiger partial charge in [0.25, 0.3) is 20.0 Å². The molecule has 2 fully saturated rings. The average molecular weight is 1270 g/mol. The Kier molecular flexibility index (Phi) is 23.6. The van der Waals surface area contributed by atoms with Crippen LogP contribution in [0.3, 0.4) is 0 Å². The van der Waals surface area contributed by atoms with E-state index >= 15 is 0 Å². The van der Waals surface area contributed by atoms with E-state index in [9.17, 15) is 31.8 Å². The zero-order valence-corrected chi connectivity index (χ0v) is 52.0. The fraction of sp³-hybridized carbons (Fsp3) is 0.431. The highest BCUT2D eigenvalue weighted by Gasteiger charge is 2.44. The van der Waals surface area contributed by atoms with Gasteiger partial charge in [0.15, 0.2) is 29.3 Å². The van der Waals surface area contributed by atoms with Crippen LogP contribution in [0.5, 0.6) is 34.5 Å². The van der Waals surface area contributed by atoms with Gasteiger partial charge in [-0.15, -0.1) is 0 Å². The molecule has 4 aliphatic heterocycles. The second-order valence-corrected chi connectivity index (χ2v) is 25.5. The lowest BCUT2D eigenvalue weighted by molar-refractivity contribution is -0.149. The number of nitrogens with two attached hydrogens (primary N) is 1. The van der Waals surface area contributed by atoms with Gasteiger partial charge in [-0.05, 0) is 116 Å². The molecule has 0 bridgehead atoms. The minimum Gasteiger partial charge on any atom is -0.489 e. The summed E-state index contributed by atoms with van der Waals surface area (Å²) in [5.41, 5.74) is 10.1. The van der Waals surface area contributed by atoms with E-state index in [-0.39, 0.29) is 55.0 Å². The Morgan fingerprint density at radius 3 is 1.53 bits per heavy atom. The van der Waals surface area contributed by atoms with Gasteiger partial charge in [-0.2, -0.15) is 0 Å². The first kappa shape index (κ1) is 66.4. The van der Waals surface area contributed by atoms with Crippen LogP contribution in [-0.4, -0.2) is 131 Å². The van der Waals surface area contributed by atoms with Gasteiger partial charge in [0.05, 0.1) is 72.5 Å². The number of aliphatic hydroxyl groups is 2. The van der Waals surface area contributed by atoms with E-state index in [1.807, 2.05) is 137 Å². The van der Waals surface area contributed by atoms with Crippen molar-refractivity contribution in [1.29, 1.82) is 0 Å². The average Bonchev–Trinajstić information content (AvgIpc) is 2.40. The third-order valence-corrected chi connectivity index (χ3v) is 18.9. The highest BCUT2D eigenvalue weighted by molar-refractivity contribution is 7.89. The SMILES string of the molecule is CCC(CC)ON(C[C@@H](O)[C@@H](N)Cc1ccc(OCc2ccccc2)cc1)S(=O)(=O)c1ccc2c(c1)OCO2.CCC(CC)ON(C[C@@H](O)[C@H](Cc1ccc(OCc2ccccc2)cc1)NC(=O)O[C@H]1CO[C@H]2OCC[C@H]21)S(=O)(=O)c1ccc2c(c1)OCO2. The number of alkyl carbamates (subject to hydrolysis) is 1. The highest BCUT2D eigenvalue weighted by Crippen LogP contribution is 2.37. The molecule has 0 saturated carbocycles. The van der Waals surface area contributed by atoms with Gasteiger partial charge < -0.3 is 63.9 Å². The molecule has 0 spiro atoms. The summed E-state index contributed by atoms with van der Waals surface area (Å²) in [5, 5.41) is 25.5. The summed E-state index contributed by atoms with van der Waals surface area (Å²) in [5.74, 6) is 2.82. The normalized spacial score (nSPS) is 18.1. The minimum absolute atomic E-state index is 0.0174. The van der Waals surface area contributed by atoms with Crippen molar-refractivity contribution in [3.8, 4) is 34.5 Å². The first-order valence-electron chi connectivity index (χ1n) is 30.0. The molecule has 24 heteroatoms. The molecule has 4 aliphatic rings. The summed E-state index contributed by atoms with van der Waals surface area (Å²) in [6.07, 6.45) is -1.63. The predicted octanol–water partition coefficient (Wildman–Crippen LogP) is 8.60. The Morgan fingerprint density at radius 1 is 0.584 bits per heavy atom. The maximum absolute atomic E-state index is 14.0. The summed E-state index contributed by atoms with van der Waals surface area (Å²) in [4.78, 5) is 25.1. The van der Waals surface area contributed by atoms with Gasteiger partial charge in [0.2, 0.25) is 13.6 Å². The standard InChI is InChI=1S/C36H44N2O11S.C29H36N2O7S/c1-3-26(4-2)49-38(50(41,42)28-14-15-32-33(19-28)47-23-46-32)20-31(39)30(37-36(40)48-34-22-45-35-29(34)16-17-43-35)18-24-10-12-27(13-11-24)44-21-25-8-6-5-7-9-25;1-3-23(4-2)38-31(39(33,34)25-14-15-28-29(17-25)37-20-36-28)18-27(32)26(30)16-21-10-12-24(13-11-21)35-19-22-8-6-5-7-9-22/h5-15,19,26,29-31,34-35,39H,3-4,16-18,20-23H2,1-2H3,(H,37,40);5-15,17,23,26-27,32H,3-4,16,18-20,30H2,1-2H3/t29-,30-,31+,34-,35+;26-,27+/m00/s1. The van der Waals surface area contributed by atoms with Crippen molar-refractivity contribution >= 4 is 26.1 Å². The molecule has 0 aromatic heterocycles. The second-order valence-electron chi connectivity index (χ2n) is 21.9. The summed E-state index contributed by atoms with van der Waals surface area (Å²) in [6, 6.07) is 41.4. The summed E-state index contributed by atoms with van der Waals surface area (Å²) in [6.45, 7) is 8.37. The molecule has 6 aromatic carbocycles. The van der Waals surface area contributed by atoms with E-state index in [0.717, 1.165) is 36.9 Å². The topological polar surface area (TPSA) is 272 Å². The number of amides is 1. The van der Waals surface area contributed by atoms with Crippen LogP contribution in [-0.2, 0) is 70.0 Å². The number of carbonyl (C=O) groups excluding carboxylic acids is 1. The van der Waals surface area contributed by atoms with Crippen LogP contribution < -0.4 is 39.5 Å². The lowest BCUT2D eigenvalue weighted by atomic mass is 10.0. The number of rotatable bonds is 30. The smallest absolute Gasteiger partial charge is 0.407 e. The number of hydrogen-bond acceptors (Lipinski definition) is 19. The number of ether oxygens (including phenoxy) is 9. The summed E-state index contributed by atoms with van der Waals surface area (Å²) in [7, 11) is -8.44. The first-order chi connectivity index (χ1) is 43.0. The largest absolute Gasteiger partial charge is 0.489 e. The van der Waals surface area contributed by atoms with Crippen LogP contribution in [0.2, 0.25) is 0 Å². The fourth-order valence-corrected chi connectivity index (χ4v) is 12.9. The Morgan fingerprint density at radius 2 is 1.04 bits per heavy atom. The third kappa shape index (κ3) is 17.9. The molecule has 22 nitrogen and oxygen atoms in total. The molecule has 89 heavy (non-hydrogen) atoms. The predicted molar refractivity (Wildman–Crippen MR) is 327 cm³/mol. The van der Waals surface area contributed by atoms with Crippen molar-refractivity contribution in [2.45, 2.75) is 145 Å². The number of hydroxylamine groups is 2. The maximum atomic E-state index is 14.0. The quantitative estimate of drug-likeness (QED) is 0.0307. The molecular formula is C65H80N4O18S2. The molecule has 10 rings (SSSR count). The van der Waals surface area contributed by atoms with Gasteiger partial charge in [0, 0.05) is 18.2 Å². The molecule has 2 saturated heterocycles. The van der Waals surface area contributed by atoms with Crippen molar-refractivity contribution in [3.05, 3.63) is 168 Å². The van der Waals surface area contributed by atoms with Crippen LogP contribution in [0.15, 0.2) is 155 Å². The molecule has 0 radical (unpaired) electrons. The van der Waals surface area contributed by atoms with E-state index in [1.54, 1.807) is 6.07 Å². The van der Waals surface area contributed by atoms with Gasteiger partial charge >= 0.3 is 6.09 Å². The van der Waals surface area contributed by atoms with Gasteiger partial charge in [-0.25, -0.2) is 21.6 Å². The van der Waals surface area contributed by atoms with Crippen molar-refractivity contribution < 1.29 is 84.2 Å². The number of nitrogens with one attached hydrogen (secondary N) is 1. The van der Waals surface area contributed by atoms with E-state index in [4.69, 9.17) is 58.0 Å². The summed E-state index contributed by atoms with van der Waals surface area (Å²) >= 11 is 0.